The van der Waals surface area contributed by atoms with Gasteiger partial charge < -0.3 is 15.1 Å². The molecule has 0 saturated carbocycles. The van der Waals surface area contributed by atoms with E-state index in [0.717, 1.165) is 13.1 Å². The molecule has 1 N–H and O–H groups in total. The zero-order valence-corrected chi connectivity index (χ0v) is 14.4. The van der Waals surface area contributed by atoms with Crippen molar-refractivity contribution in [2.24, 2.45) is 0 Å². The molecule has 3 rings (SSSR count). The molecular weight excluding hydrogens is 314 g/mol. The summed E-state index contributed by atoms with van der Waals surface area (Å²) in [6.07, 6.45) is 0.387. The molecule has 5 nitrogen and oxygen atoms in total. The number of carbonyl (C=O) groups is 2. The number of piperazine rings is 1. The summed E-state index contributed by atoms with van der Waals surface area (Å²) in [6.45, 7) is 4.74. The molecule has 0 spiro atoms. The van der Waals surface area contributed by atoms with Gasteiger partial charge in [0.25, 0.3) is 5.91 Å². The maximum Gasteiger partial charge on any atom is 0.256 e. The smallest absolute Gasteiger partial charge is 0.256 e. The number of para-hydroxylation sites is 2. The van der Waals surface area contributed by atoms with Crippen molar-refractivity contribution in [3.63, 3.8) is 0 Å². The van der Waals surface area contributed by atoms with Gasteiger partial charge in [0.15, 0.2) is 0 Å². The third kappa shape index (κ3) is 3.99. The van der Waals surface area contributed by atoms with Crippen molar-refractivity contribution >= 4 is 23.2 Å². The average molecular weight is 337 g/mol. The Kier molecular flexibility index (Phi) is 5.33. The highest BCUT2D eigenvalue weighted by Crippen LogP contribution is 2.20. The lowest BCUT2D eigenvalue weighted by Gasteiger charge is -2.36. The second-order valence-corrected chi connectivity index (χ2v) is 6.06. The first kappa shape index (κ1) is 17.0. The summed E-state index contributed by atoms with van der Waals surface area (Å²) in [5.74, 6) is -0.117. The molecule has 1 aliphatic heterocycles. The van der Waals surface area contributed by atoms with Gasteiger partial charge in [0.2, 0.25) is 5.91 Å². The molecule has 25 heavy (non-hydrogen) atoms. The number of hydrogen-bond acceptors (Lipinski definition) is 3. The Morgan fingerprint density at radius 1 is 0.920 bits per heavy atom. The highest BCUT2D eigenvalue weighted by atomic mass is 16.2. The molecule has 130 valence electrons. The number of anilines is 2. The van der Waals surface area contributed by atoms with E-state index < -0.39 is 0 Å². The summed E-state index contributed by atoms with van der Waals surface area (Å²) in [5, 5.41) is 2.82. The third-order valence-electron chi connectivity index (χ3n) is 4.44. The van der Waals surface area contributed by atoms with Crippen LogP contribution in [0.4, 0.5) is 11.4 Å². The number of nitrogens with zero attached hydrogens (tertiary/aromatic N) is 2. The van der Waals surface area contributed by atoms with Gasteiger partial charge in [-0.2, -0.15) is 0 Å². The second kappa shape index (κ2) is 7.83. The van der Waals surface area contributed by atoms with Crippen molar-refractivity contribution in [3.8, 4) is 0 Å². The van der Waals surface area contributed by atoms with Crippen LogP contribution >= 0.6 is 0 Å². The van der Waals surface area contributed by atoms with Crippen molar-refractivity contribution in [1.29, 1.82) is 0 Å². The van der Waals surface area contributed by atoms with Crippen molar-refractivity contribution in [2.75, 3.05) is 36.4 Å². The molecule has 2 amide bonds. The van der Waals surface area contributed by atoms with E-state index in [9.17, 15) is 9.59 Å². The topological polar surface area (TPSA) is 52.7 Å². The van der Waals surface area contributed by atoms with Crippen LogP contribution in [-0.2, 0) is 4.79 Å². The molecule has 1 fully saturated rings. The molecule has 0 bridgehead atoms. The highest BCUT2D eigenvalue weighted by Gasteiger charge is 2.24. The number of nitrogens with one attached hydrogen (secondary N) is 1. The number of carbonyl (C=O) groups excluding carboxylic acids is 2. The summed E-state index contributed by atoms with van der Waals surface area (Å²) >= 11 is 0. The molecule has 0 radical (unpaired) electrons. The summed E-state index contributed by atoms with van der Waals surface area (Å²) in [7, 11) is 0. The molecule has 0 atom stereocenters. The van der Waals surface area contributed by atoms with E-state index >= 15 is 0 Å². The molecule has 0 aliphatic carbocycles. The third-order valence-corrected chi connectivity index (χ3v) is 4.44. The Morgan fingerprint density at radius 3 is 2.24 bits per heavy atom. The van der Waals surface area contributed by atoms with Crippen molar-refractivity contribution in [2.45, 2.75) is 13.3 Å². The van der Waals surface area contributed by atoms with Gasteiger partial charge >= 0.3 is 0 Å². The van der Waals surface area contributed by atoms with E-state index in [1.54, 1.807) is 19.1 Å². The van der Waals surface area contributed by atoms with Gasteiger partial charge in [-0.3, -0.25) is 9.59 Å². The van der Waals surface area contributed by atoms with Crippen LogP contribution in [0.5, 0.6) is 0 Å². The van der Waals surface area contributed by atoms with Crippen LogP contribution in [0, 0.1) is 0 Å². The Bertz CT molecular complexity index is 738. The lowest BCUT2D eigenvalue weighted by atomic mass is 10.1. The van der Waals surface area contributed by atoms with Gasteiger partial charge in [-0.1, -0.05) is 37.3 Å². The van der Waals surface area contributed by atoms with E-state index in [0.29, 0.717) is 30.8 Å². The molecule has 1 heterocycles. The molecule has 2 aromatic carbocycles. The van der Waals surface area contributed by atoms with Crippen molar-refractivity contribution in [3.05, 3.63) is 60.2 Å². The van der Waals surface area contributed by atoms with E-state index in [2.05, 4.69) is 22.3 Å². The SMILES string of the molecule is CCC(=O)Nc1ccccc1C(=O)N1CCN(c2ccccc2)CC1. The summed E-state index contributed by atoms with van der Waals surface area (Å²) < 4.78 is 0. The van der Waals surface area contributed by atoms with Gasteiger partial charge in [-0.25, -0.2) is 0 Å². The minimum atomic E-state index is -0.0888. The van der Waals surface area contributed by atoms with Crippen LogP contribution in [0.2, 0.25) is 0 Å². The zero-order valence-electron chi connectivity index (χ0n) is 14.4. The molecule has 5 heteroatoms. The van der Waals surface area contributed by atoms with Crippen LogP contribution in [-0.4, -0.2) is 42.9 Å². The minimum Gasteiger partial charge on any atom is -0.368 e. The zero-order chi connectivity index (χ0) is 17.6. The quantitative estimate of drug-likeness (QED) is 0.933. The summed E-state index contributed by atoms with van der Waals surface area (Å²) in [5.41, 5.74) is 2.33. The van der Waals surface area contributed by atoms with Gasteiger partial charge in [-0.15, -0.1) is 0 Å². The number of rotatable bonds is 4. The predicted octanol–water partition coefficient (Wildman–Crippen LogP) is 3.00. The van der Waals surface area contributed by atoms with E-state index in [1.165, 1.54) is 5.69 Å². The standard InChI is InChI=1S/C20H23N3O2/c1-2-19(24)21-18-11-7-6-10-17(18)20(25)23-14-12-22(13-15-23)16-8-4-3-5-9-16/h3-11H,2,12-15H2,1H3,(H,21,24). The molecule has 1 aliphatic rings. The maximum atomic E-state index is 12.9. The monoisotopic (exact) mass is 337 g/mol. The van der Waals surface area contributed by atoms with Crippen LogP contribution in [0.25, 0.3) is 0 Å². The number of hydrogen-bond donors (Lipinski definition) is 1. The molecule has 0 unspecified atom stereocenters. The van der Waals surface area contributed by atoms with Crippen molar-refractivity contribution in [1.82, 2.24) is 4.90 Å². The van der Waals surface area contributed by atoms with Crippen LogP contribution in [0.15, 0.2) is 54.6 Å². The molecular formula is C20H23N3O2. The lowest BCUT2D eigenvalue weighted by molar-refractivity contribution is -0.115. The Balaban J connectivity index is 1.68. The minimum absolute atomic E-state index is 0.0280. The van der Waals surface area contributed by atoms with Gasteiger partial charge in [0.05, 0.1) is 11.3 Å². The summed E-state index contributed by atoms with van der Waals surface area (Å²) in [4.78, 5) is 28.7. The fourth-order valence-electron chi connectivity index (χ4n) is 2.99. The summed E-state index contributed by atoms with van der Waals surface area (Å²) in [6, 6.07) is 17.5. The van der Waals surface area contributed by atoms with Crippen LogP contribution in [0.1, 0.15) is 23.7 Å². The number of amides is 2. The van der Waals surface area contributed by atoms with Gasteiger partial charge in [-0.05, 0) is 24.3 Å². The number of benzene rings is 2. The van der Waals surface area contributed by atoms with Crippen LogP contribution in [0.3, 0.4) is 0 Å². The molecule has 1 saturated heterocycles. The Hall–Kier alpha value is -2.82. The Labute approximate surface area is 148 Å². The molecule has 2 aromatic rings. The fraction of sp³-hybridized carbons (Fsp3) is 0.300. The second-order valence-electron chi connectivity index (χ2n) is 6.06. The fourth-order valence-corrected chi connectivity index (χ4v) is 2.99. The molecule has 0 aromatic heterocycles. The Morgan fingerprint density at radius 2 is 1.56 bits per heavy atom. The van der Waals surface area contributed by atoms with Gasteiger partial charge in [0, 0.05) is 38.3 Å². The first-order chi connectivity index (χ1) is 12.2. The van der Waals surface area contributed by atoms with Gasteiger partial charge in [0.1, 0.15) is 0 Å². The van der Waals surface area contributed by atoms with Crippen molar-refractivity contribution < 1.29 is 9.59 Å². The predicted molar refractivity (Wildman–Crippen MR) is 99.9 cm³/mol. The van der Waals surface area contributed by atoms with E-state index in [-0.39, 0.29) is 11.8 Å². The highest BCUT2D eigenvalue weighted by molar-refractivity contribution is 6.03. The van der Waals surface area contributed by atoms with Crippen LogP contribution < -0.4 is 10.2 Å². The first-order valence-electron chi connectivity index (χ1n) is 8.67. The lowest BCUT2D eigenvalue weighted by Crippen LogP contribution is -2.48. The normalized spacial score (nSPS) is 14.3. The van der Waals surface area contributed by atoms with E-state index in [1.807, 2.05) is 35.2 Å². The maximum absolute atomic E-state index is 12.9. The first-order valence-corrected chi connectivity index (χ1v) is 8.67. The average Bonchev–Trinajstić information content (AvgIpc) is 2.68. The van der Waals surface area contributed by atoms with E-state index in [4.69, 9.17) is 0 Å². The largest absolute Gasteiger partial charge is 0.368 e.